The monoisotopic (exact) mass is 227 g/mol. The topological polar surface area (TPSA) is 60.2 Å². The Kier molecular flexibility index (Phi) is 3.21. The van der Waals surface area contributed by atoms with Crippen molar-refractivity contribution in [1.82, 2.24) is 0 Å². The molecule has 0 saturated carbocycles. The van der Waals surface area contributed by atoms with Crippen molar-refractivity contribution in [3.05, 3.63) is 29.8 Å². The van der Waals surface area contributed by atoms with Crippen molar-refractivity contribution in [3.63, 3.8) is 0 Å². The molecule has 1 unspecified atom stereocenters. The van der Waals surface area contributed by atoms with Crippen LogP contribution in [-0.4, -0.2) is 14.7 Å². The molecule has 0 bridgehead atoms. The van der Waals surface area contributed by atoms with Crippen molar-refractivity contribution in [2.45, 2.75) is 30.7 Å². The Morgan fingerprint density at radius 1 is 1.27 bits per heavy atom. The van der Waals surface area contributed by atoms with E-state index in [2.05, 4.69) is 0 Å². The van der Waals surface area contributed by atoms with E-state index in [4.69, 9.17) is 5.73 Å². The lowest BCUT2D eigenvalue weighted by atomic mass is 9.91. The summed E-state index contributed by atoms with van der Waals surface area (Å²) in [6.07, 6.45) is 2.01. The van der Waals surface area contributed by atoms with Crippen LogP contribution in [-0.2, 0) is 15.4 Å². The predicted molar refractivity (Wildman–Crippen MR) is 61.4 cm³/mol. The molecule has 0 aliphatic heterocycles. The molecule has 1 rings (SSSR count). The molecule has 1 atom stereocenters. The Morgan fingerprint density at radius 2 is 1.73 bits per heavy atom. The quantitative estimate of drug-likeness (QED) is 0.854. The first kappa shape index (κ1) is 12.2. The van der Waals surface area contributed by atoms with E-state index >= 15 is 0 Å². The summed E-state index contributed by atoms with van der Waals surface area (Å²) in [6.45, 7) is 3.94. The largest absolute Gasteiger partial charge is 0.322 e. The van der Waals surface area contributed by atoms with Crippen LogP contribution in [0.1, 0.15) is 25.8 Å². The van der Waals surface area contributed by atoms with Gasteiger partial charge in [-0.3, -0.25) is 0 Å². The standard InChI is InChI=1S/C11H17NO2S/c1-4-11(2,12)9-5-7-10(8-6-9)15(3,13)14/h5-8H,4,12H2,1-3H3. The maximum Gasteiger partial charge on any atom is 0.175 e. The van der Waals surface area contributed by atoms with Crippen molar-refractivity contribution in [3.8, 4) is 0 Å². The minimum atomic E-state index is -3.11. The Hall–Kier alpha value is -0.870. The number of hydrogen-bond acceptors (Lipinski definition) is 3. The molecule has 15 heavy (non-hydrogen) atoms. The second-order valence-electron chi connectivity index (χ2n) is 4.07. The van der Waals surface area contributed by atoms with Gasteiger partial charge in [0.1, 0.15) is 0 Å². The van der Waals surface area contributed by atoms with Gasteiger partial charge in [-0.1, -0.05) is 19.1 Å². The van der Waals surface area contributed by atoms with E-state index in [9.17, 15) is 8.42 Å². The van der Waals surface area contributed by atoms with Gasteiger partial charge >= 0.3 is 0 Å². The Labute approximate surface area is 91.2 Å². The minimum absolute atomic E-state index is 0.332. The molecule has 0 aliphatic carbocycles. The summed E-state index contributed by atoms with van der Waals surface area (Å²) < 4.78 is 22.5. The van der Waals surface area contributed by atoms with Crippen molar-refractivity contribution < 1.29 is 8.42 Å². The van der Waals surface area contributed by atoms with Crippen LogP contribution in [0.25, 0.3) is 0 Å². The van der Waals surface area contributed by atoms with E-state index in [1.165, 1.54) is 6.26 Å². The maximum atomic E-state index is 11.2. The molecule has 0 aromatic heterocycles. The van der Waals surface area contributed by atoms with Crippen LogP contribution in [0, 0.1) is 0 Å². The van der Waals surface area contributed by atoms with E-state index in [1.54, 1.807) is 24.3 Å². The summed E-state index contributed by atoms with van der Waals surface area (Å²) in [5.41, 5.74) is 6.61. The van der Waals surface area contributed by atoms with E-state index < -0.39 is 15.4 Å². The first-order valence-electron chi connectivity index (χ1n) is 4.87. The van der Waals surface area contributed by atoms with Crippen LogP contribution in [0.3, 0.4) is 0 Å². The van der Waals surface area contributed by atoms with Gasteiger partial charge < -0.3 is 5.73 Å². The van der Waals surface area contributed by atoms with Gasteiger partial charge in [-0.2, -0.15) is 0 Å². The molecule has 3 nitrogen and oxygen atoms in total. The van der Waals surface area contributed by atoms with Gasteiger partial charge in [-0.25, -0.2) is 8.42 Å². The van der Waals surface area contributed by atoms with Crippen molar-refractivity contribution in [1.29, 1.82) is 0 Å². The SMILES string of the molecule is CCC(C)(N)c1ccc(S(C)(=O)=O)cc1. The van der Waals surface area contributed by atoms with Gasteiger partial charge in [0.05, 0.1) is 4.90 Å². The van der Waals surface area contributed by atoms with Crippen LogP contribution >= 0.6 is 0 Å². The molecule has 84 valence electrons. The number of benzene rings is 1. The fourth-order valence-corrected chi connectivity index (χ4v) is 1.92. The third-order valence-corrected chi connectivity index (χ3v) is 3.80. The Balaban J connectivity index is 3.12. The molecule has 1 aromatic carbocycles. The third-order valence-electron chi connectivity index (χ3n) is 2.68. The van der Waals surface area contributed by atoms with Gasteiger partial charge in [-0.15, -0.1) is 0 Å². The van der Waals surface area contributed by atoms with Gasteiger partial charge in [0.15, 0.2) is 9.84 Å². The molecule has 0 amide bonds. The van der Waals surface area contributed by atoms with Gasteiger partial charge in [0, 0.05) is 11.8 Å². The van der Waals surface area contributed by atoms with E-state index in [-0.39, 0.29) is 0 Å². The fraction of sp³-hybridized carbons (Fsp3) is 0.455. The van der Waals surface area contributed by atoms with Crippen molar-refractivity contribution in [2.75, 3.05) is 6.26 Å². The highest BCUT2D eigenvalue weighted by Crippen LogP contribution is 2.22. The summed E-state index contributed by atoms with van der Waals surface area (Å²) in [5.74, 6) is 0. The molecule has 0 spiro atoms. The Bertz CT molecular complexity index is 432. The van der Waals surface area contributed by atoms with Crippen molar-refractivity contribution in [2.24, 2.45) is 5.73 Å². The third kappa shape index (κ3) is 2.79. The van der Waals surface area contributed by atoms with Crippen LogP contribution in [0.5, 0.6) is 0 Å². The average molecular weight is 227 g/mol. The van der Waals surface area contributed by atoms with E-state index in [1.807, 2.05) is 13.8 Å². The molecule has 0 saturated heterocycles. The smallest absolute Gasteiger partial charge is 0.175 e. The lowest BCUT2D eigenvalue weighted by molar-refractivity contribution is 0.476. The summed E-state index contributed by atoms with van der Waals surface area (Å²) in [6, 6.07) is 6.76. The van der Waals surface area contributed by atoms with E-state index in [0.717, 1.165) is 12.0 Å². The highest BCUT2D eigenvalue weighted by molar-refractivity contribution is 7.90. The zero-order valence-corrected chi connectivity index (χ0v) is 10.1. The molecular formula is C11H17NO2S. The summed E-state index contributed by atoms with van der Waals surface area (Å²) >= 11 is 0. The van der Waals surface area contributed by atoms with E-state index in [0.29, 0.717) is 4.90 Å². The molecule has 1 aromatic rings. The summed E-state index contributed by atoms with van der Waals surface area (Å²) in [7, 11) is -3.11. The molecule has 2 N–H and O–H groups in total. The average Bonchev–Trinajstić information content (AvgIpc) is 2.17. The van der Waals surface area contributed by atoms with Crippen LogP contribution in [0.4, 0.5) is 0 Å². The molecule has 4 heteroatoms. The van der Waals surface area contributed by atoms with Crippen LogP contribution in [0.15, 0.2) is 29.2 Å². The molecule has 0 radical (unpaired) electrons. The lowest BCUT2D eigenvalue weighted by Gasteiger charge is -2.23. The van der Waals surface area contributed by atoms with Gasteiger partial charge in [-0.05, 0) is 31.0 Å². The molecule has 0 fully saturated rings. The lowest BCUT2D eigenvalue weighted by Crippen LogP contribution is -2.31. The van der Waals surface area contributed by atoms with Crippen LogP contribution < -0.4 is 5.73 Å². The normalized spacial score (nSPS) is 16.0. The Morgan fingerprint density at radius 3 is 2.07 bits per heavy atom. The summed E-state index contributed by atoms with van der Waals surface area (Å²) in [5, 5.41) is 0. The maximum absolute atomic E-state index is 11.2. The fourth-order valence-electron chi connectivity index (χ4n) is 1.29. The minimum Gasteiger partial charge on any atom is -0.322 e. The highest BCUT2D eigenvalue weighted by atomic mass is 32.2. The second-order valence-corrected chi connectivity index (χ2v) is 6.08. The predicted octanol–water partition coefficient (Wildman–Crippen LogP) is 1.67. The summed E-state index contributed by atoms with van der Waals surface area (Å²) in [4.78, 5) is 0.332. The number of hydrogen-bond donors (Lipinski definition) is 1. The van der Waals surface area contributed by atoms with Crippen molar-refractivity contribution >= 4 is 9.84 Å². The zero-order valence-electron chi connectivity index (χ0n) is 9.32. The molecular weight excluding hydrogens is 210 g/mol. The molecule has 0 aliphatic rings. The number of nitrogens with two attached hydrogens (primary N) is 1. The number of sulfone groups is 1. The van der Waals surface area contributed by atoms with Crippen LogP contribution in [0.2, 0.25) is 0 Å². The first-order chi connectivity index (χ1) is 6.77. The molecule has 0 heterocycles. The number of rotatable bonds is 3. The van der Waals surface area contributed by atoms with Gasteiger partial charge in [0.2, 0.25) is 0 Å². The highest BCUT2D eigenvalue weighted by Gasteiger charge is 2.18. The van der Waals surface area contributed by atoms with Gasteiger partial charge in [0.25, 0.3) is 0 Å². The second kappa shape index (κ2) is 3.94. The zero-order chi connectivity index (χ0) is 11.7. The first-order valence-corrected chi connectivity index (χ1v) is 6.76.